The molecule has 190 valence electrons. The molecule has 0 spiro atoms. The van der Waals surface area contributed by atoms with Crippen molar-refractivity contribution in [2.75, 3.05) is 11.9 Å². The maximum atomic E-state index is 13.7. The largest absolute Gasteiger partial charge is 0.462 e. The van der Waals surface area contributed by atoms with E-state index in [0.717, 1.165) is 16.7 Å². The van der Waals surface area contributed by atoms with Crippen molar-refractivity contribution in [3.63, 3.8) is 0 Å². The number of thiophene rings is 1. The summed E-state index contributed by atoms with van der Waals surface area (Å²) < 4.78 is 18.8. The van der Waals surface area contributed by atoms with E-state index in [1.165, 1.54) is 23.5 Å². The van der Waals surface area contributed by atoms with Gasteiger partial charge in [0.2, 0.25) is 0 Å². The van der Waals surface area contributed by atoms with Crippen LogP contribution in [0.5, 0.6) is 0 Å². The number of benzene rings is 3. The molecule has 5 rings (SSSR count). The number of nitrogens with zero attached hydrogens (tertiary/aromatic N) is 1. The highest BCUT2D eigenvalue weighted by atomic mass is 32.1. The number of aromatic nitrogens is 1. The molecule has 0 aliphatic heterocycles. The van der Waals surface area contributed by atoms with E-state index < -0.39 is 5.97 Å². The molecule has 1 amide bonds. The van der Waals surface area contributed by atoms with Crippen molar-refractivity contribution in [2.45, 2.75) is 20.8 Å². The molecule has 0 aliphatic carbocycles. The van der Waals surface area contributed by atoms with Crippen LogP contribution in [0.2, 0.25) is 0 Å². The number of hydrogen-bond acceptors (Lipinski definition) is 5. The normalized spacial score (nSPS) is 10.9. The number of amides is 1. The van der Waals surface area contributed by atoms with Gasteiger partial charge >= 0.3 is 5.97 Å². The molecule has 1 N–H and O–H groups in total. The highest BCUT2D eigenvalue weighted by Gasteiger charge is 2.24. The number of nitrogens with one attached hydrogen (secondary N) is 1. The standard InChI is InChI=1S/C31H25FN2O3S/c1-4-37-31(36)28-25(20-10-12-21(32)13-11-20)17-38-30(28)34-29(35)24-16-27(22-14-9-18(2)15-19(22)3)33-26-8-6-5-7-23(24)26/h5-17H,4H2,1-3H3,(H,34,35). The summed E-state index contributed by atoms with van der Waals surface area (Å²) in [7, 11) is 0. The van der Waals surface area contributed by atoms with Crippen LogP contribution in [0.25, 0.3) is 33.3 Å². The molecular formula is C31H25FN2O3S. The number of hydrogen-bond donors (Lipinski definition) is 1. The van der Waals surface area contributed by atoms with Gasteiger partial charge in [-0.1, -0.05) is 54.1 Å². The molecule has 0 bridgehead atoms. The number of fused-ring (bicyclic) bond motifs is 1. The number of ether oxygens (including phenoxy) is 1. The average Bonchev–Trinajstić information content (AvgIpc) is 3.32. The molecule has 2 heterocycles. The third kappa shape index (κ3) is 4.93. The van der Waals surface area contributed by atoms with E-state index in [4.69, 9.17) is 9.72 Å². The number of halogens is 1. The SMILES string of the molecule is CCOC(=O)c1c(-c2ccc(F)cc2)csc1NC(=O)c1cc(-c2ccc(C)cc2C)nc2ccccc12. The fraction of sp³-hybridized carbons (Fsp3) is 0.129. The summed E-state index contributed by atoms with van der Waals surface area (Å²) in [6.45, 7) is 5.95. The zero-order valence-electron chi connectivity index (χ0n) is 21.2. The van der Waals surface area contributed by atoms with Crippen molar-refractivity contribution in [3.8, 4) is 22.4 Å². The second-order valence-corrected chi connectivity index (χ2v) is 9.81. The molecule has 7 heteroatoms. The molecule has 0 saturated carbocycles. The maximum absolute atomic E-state index is 13.7. The number of carbonyl (C=O) groups excluding carboxylic acids is 2. The average molecular weight is 525 g/mol. The molecule has 0 aliphatic rings. The van der Waals surface area contributed by atoms with Gasteiger partial charge in [0.05, 0.1) is 23.4 Å². The Hall–Kier alpha value is -4.36. The van der Waals surface area contributed by atoms with Gasteiger partial charge in [0.25, 0.3) is 5.91 Å². The van der Waals surface area contributed by atoms with Crippen LogP contribution in [0.3, 0.4) is 0 Å². The Bertz CT molecular complexity index is 1680. The van der Waals surface area contributed by atoms with Crippen molar-refractivity contribution < 1.29 is 18.7 Å². The lowest BCUT2D eigenvalue weighted by Crippen LogP contribution is -2.15. The summed E-state index contributed by atoms with van der Waals surface area (Å²) in [5.74, 6) is -1.30. The summed E-state index contributed by atoms with van der Waals surface area (Å²) in [5, 5.41) is 5.77. The summed E-state index contributed by atoms with van der Waals surface area (Å²) in [4.78, 5) is 31.5. The Morgan fingerprint density at radius 2 is 1.74 bits per heavy atom. The van der Waals surface area contributed by atoms with E-state index in [0.29, 0.717) is 38.3 Å². The molecule has 0 saturated heterocycles. The first-order chi connectivity index (χ1) is 18.4. The first-order valence-corrected chi connectivity index (χ1v) is 13.1. The Morgan fingerprint density at radius 3 is 2.47 bits per heavy atom. The summed E-state index contributed by atoms with van der Waals surface area (Å²) in [6.07, 6.45) is 0. The van der Waals surface area contributed by atoms with Crippen molar-refractivity contribution in [1.82, 2.24) is 4.98 Å². The van der Waals surface area contributed by atoms with Gasteiger partial charge in [-0.3, -0.25) is 4.79 Å². The van der Waals surface area contributed by atoms with E-state index in [-0.39, 0.29) is 23.9 Å². The van der Waals surface area contributed by atoms with E-state index in [2.05, 4.69) is 11.4 Å². The van der Waals surface area contributed by atoms with E-state index in [1.54, 1.807) is 30.5 Å². The smallest absolute Gasteiger partial charge is 0.341 e. The fourth-order valence-electron chi connectivity index (χ4n) is 4.47. The van der Waals surface area contributed by atoms with Gasteiger partial charge in [0, 0.05) is 21.9 Å². The molecule has 0 unspecified atom stereocenters. The van der Waals surface area contributed by atoms with Crippen LogP contribution in [-0.2, 0) is 4.74 Å². The Labute approximate surface area is 223 Å². The van der Waals surface area contributed by atoms with Crippen molar-refractivity contribution in [2.24, 2.45) is 0 Å². The molecule has 38 heavy (non-hydrogen) atoms. The van der Waals surface area contributed by atoms with Gasteiger partial charge in [-0.2, -0.15) is 0 Å². The third-order valence-electron chi connectivity index (χ3n) is 6.27. The molecule has 0 radical (unpaired) electrons. The minimum absolute atomic E-state index is 0.180. The highest BCUT2D eigenvalue weighted by Crippen LogP contribution is 2.37. The predicted molar refractivity (Wildman–Crippen MR) is 150 cm³/mol. The van der Waals surface area contributed by atoms with Gasteiger partial charge in [-0.05, 0) is 56.2 Å². The lowest BCUT2D eigenvalue weighted by Gasteiger charge is -2.13. The highest BCUT2D eigenvalue weighted by molar-refractivity contribution is 7.15. The minimum Gasteiger partial charge on any atom is -0.462 e. The van der Waals surface area contributed by atoms with Crippen LogP contribution in [-0.4, -0.2) is 23.5 Å². The number of esters is 1. The molecule has 2 aromatic heterocycles. The zero-order chi connectivity index (χ0) is 26.8. The van der Waals surface area contributed by atoms with Crippen LogP contribution in [0.1, 0.15) is 38.8 Å². The van der Waals surface area contributed by atoms with Crippen LogP contribution >= 0.6 is 11.3 Å². The van der Waals surface area contributed by atoms with E-state index >= 15 is 0 Å². The van der Waals surface area contributed by atoms with Crippen LogP contribution in [0, 0.1) is 19.7 Å². The summed E-state index contributed by atoms with van der Waals surface area (Å²) >= 11 is 1.22. The number of anilines is 1. The second kappa shape index (κ2) is 10.6. The van der Waals surface area contributed by atoms with Crippen LogP contribution in [0.4, 0.5) is 9.39 Å². The monoisotopic (exact) mass is 524 g/mol. The topological polar surface area (TPSA) is 68.3 Å². The first kappa shape index (κ1) is 25.3. The number of aryl methyl sites for hydroxylation is 2. The maximum Gasteiger partial charge on any atom is 0.341 e. The third-order valence-corrected chi connectivity index (χ3v) is 7.17. The molecule has 3 aromatic carbocycles. The van der Waals surface area contributed by atoms with Crippen LogP contribution in [0.15, 0.2) is 78.2 Å². The lowest BCUT2D eigenvalue weighted by molar-refractivity contribution is 0.0529. The molecule has 5 aromatic rings. The summed E-state index contributed by atoms with van der Waals surface area (Å²) in [6, 6.07) is 21.2. The van der Waals surface area contributed by atoms with Gasteiger partial charge in [0.15, 0.2) is 0 Å². The van der Waals surface area contributed by atoms with Crippen LogP contribution < -0.4 is 5.32 Å². The van der Waals surface area contributed by atoms with E-state index in [9.17, 15) is 14.0 Å². The second-order valence-electron chi connectivity index (χ2n) is 8.93. The van der Waals surface area contributed by atoms with Gasteiger partial charge < -0.3 is 10.1 Å². The van der Waals surface area contributed by atoms with Crippen molar-refractivity contribution in [1.29, 1.82) is 0 Å². The number of para-hydroxylation sites is 1. The number of carbonyl (C=O) groups is 2. The van der Waals surface area contributed by atoms with Crippen molar-refractivity contribution >= 4 is 39.1 Å². The Morgan fingerprint density at radius 1 is 0.974 bits per heavy atom. The predicted octanol–water partition coefficient (Wildman–Crippen LogP) is 7.82. The minimum atomic E-state index is -0.557. The number of rotatable bonds is 6. The van der Waals surface area contributed by atoms with Gasteiger partial charge in [0.1, 0.15) is 16.4 Å². The molecule has 0 fully saturated rings. The molecular weight excluding hydrogens is 499 g/mol. The number of pyridine rings is 1. The molecule has 0 atom stereocenters. The fourth-order valence-corrected chi connectivity index (χ4v) is 5.42. The Balaban J connectivity index is 1.59. The quantitative estimate of drug-likeness (QED) is 0.230. The Kier molecular flexibility index (Phi) is 7.03. The first-order valence-electron chi connectivity index (χ1n) is 12.2. The van der Waals surface area contributed by atoms with Gasteiger partial charge in [-0.25, -0.2) is 14.2 Å². The van der Waals surface area contributed by atoms with Crippen molar-refractivity contribution in [3.05, 3.63) is 106 Å². The summed E-state index contributed by atoms with van der Waals surface area (Å²) in [5.41, 5.74) is 6.43. The van der Waals surface area contributed by atoms with E-state index in [1.807, 2.05) is 50.2 Å². The van der Waals surface area contributed by atoms with Gasteiger partial charge in [-0.15, -0.1) is 11.3 Å². The molecule has 5 nitrogen and oxygen atoms in total. The lowest BCUT2D eigenvalue weighted by atomic mass is 9.99. The zero-order valence-corrected chi connectivity index (χ0v) is 22.0.